The van der Waals surface area contributed by atoms with Crippen LogP contribution in [-0.2, 0) is 9.53 Å². The van der Waals surface area contributed by atoms with Gasteiger partial charge in [0.15, 0.2) is 0 Å². The average molecular weight is 297 g/mol. The van der Waals surface area contributed by atoms with E-state index >= 15 is 0 Å². The van der Waals surface area contributed by atoms with E-state index in [1.54, 1.807) is 0 Å². The number of esters is 1. The minimum atomic E-state index is -0.214. The van der Waals surface area contributed by atoms with E-state index in [1.807, 2.05) is 43.3 Å². The van der Waals surface area contributed by atoms with Crippen LogP contribution in [0.3, 0.4) is 0 Å². The molecule has 2 aromatic carbocycles. The van der Waals surface area contributed by atoms with Crippen molar-refractivity contribution in [2.45, 2.75) is 25.8 Å². The van der Waals surface area contributed by atoms with E-state index in [2.05, 4.69) is 36.5 Å². The molecule has 0 amide bonds. The smallest absolute Gasteiger partial charge is 0.319 e. The Kier molecular flexibility index (Phi) is 6.16. The molecule has 1 unspecified atom stereocenters. The van der Waals surface area contributed by atoms with Gasteiger partial charge in [-0.2, -0.15) is 0 Å². The molecule has 2 aromatic rings. The Balaban J connectivity index is 2.16. The summed E-state index contributed by atoms with van der Waals surface area (Å²) in [5, 5.41) is 3.29. The molecule has 0 aliphatic rings. The third-order valence-corrected chi connectivity index (χ3v) is 3.69. The maximum absolute atomic E-state index is 11.6. The van der Waals surface area contributed by atoms with Gasteiger partial charge in [0.25, 0.3) is 0 Å². The van der Waals surface area contributed by atoms with E-state index in [9.17, 15) is 4.79 Å². The number of nitrogens with one attached hydrogen (secondary N) is 1. The summed E-state index contributed by atoms with van der Waals surface area (Å²) < 4.78 is 4.98. The van der Waals surface area contributed by atoms with Crippen LogP contribution in [0.5, 0.6) is 0 Å². The summed E-state index contributed by atoms with van der Waals surface area (Å²) in [6, 6.07) is 20.8. The zero-order valence-electron chi connectivity index (χ0n) is 13.2. The largest absolute Gasteiger partial charge is 0.465 e. The molecular formula is C19H23NO2. The molecule has 0 spiro atoms. The fraction of sp³-hybridized carbons (Fsp3) is 0.316. The predicted molar refractivity (Wildman–Crippen MR) is 88.8 cm³/mol. The SMILES string of the molecule is CCOC(=O)CNC(C)C(c1ccccc1)c1ccccc1. The Labute approximate surface area is 132 Å². The Bertz CT molecular complexity index is 529. The normalized spacial score (nSPS) is 12.1. The van der Waals surface area contributed by atoms with Crippen LogP contribution >= 0.6 is 0 Å². The van der Waals surface area contributed by atoms with Crippen molar-refractivity contribution < 1.29 is 9.53 Å². The van der Waals surface area contributed by atoms with Crippen molar-refractivity contribution in [2.24, 2.45) is 0 Å². The molecule has 0 aromatic heterocycles. The second kappa shape index (κ2) is 8.35. The van der Waals surface area contributed by atoms with E-state index in [0.717, 1.165) is 0 Å². The standard InChI is InChI=1S/C19H23NO2/c1-3-22-18(21)14-20-15(2)19(16-10-6-4-7-11-16)17-12-8-5-9-13-17/h4-13,15,19-20H,3,14H2,1-2H3. The summed E-state index contributed by atoms with van der Waals surface area (Å²) in [6.45, 7) is 4.56. The van der Waals surface area contributed by atoms with Crippen molar-refractivity contribution in [3.05, 3.63) is 71.8 Å². The predicted octanol–water partition coefficient (Wildman–Crippen LogP) is 3.36. The zero-order chi connectivity index (χ0) is 15.8. The topological polar surface area (TPSA) is 38.3 Å². The monoisotopic (exact) mass is 297 g/mol. The van der Waals surface area contributed by atoms with E-state index in [1.165, 1.54) is 11.1 Å². The summed E-state index contributed by atoms with van der Waals surface area (Å²) >= 11 is 0. The molecule has 1 N–H and O–H groups in total. The van der Waals surface area contributed by atoms with Gasteiger partial charge in [0, 0.05) is 12.0 Å². The van der Waals surface area contributed by atoms with Gasteiger partial charge in [-0.3, -0.25) is 4.79 Å². The van der Waals surface area contributed by atoms with E-state index in [0.29, 0.717) is 6.61 Å². The summed E-state index contributed by atoms with van der Waals surface area (Å²) in [7, 11) is 0. The lowest BCUT2D eigenvalue weighted by Crippen LogP contribution is -2.37. The second-order valence-electron chi connectivity index (χ2n) is 5.27. The summed E-state index contributed by atoms with van der Waals surface area (Å²) in [4.78, 5) is 11.6. The molecule has 0 aliphatic heterocycles. The Morgan fingerprint density at radius 3 is 1.95 bits per heavy atom. The summed E-state index contributed by atoms with van der Waals surface area (Å²) in [5.41, 5.74) is 2.47. The lowest BCUT2D eigenvalue weighted by Gasteiger charge is -2.26. The van der Waals surface area contributed by atoms with Gasteiger partial charge in [0.05, 0.1) is 13.2 Å². The highest BCUT2D eigenvalue weighted by Crippen LogP contribution is 2.27. The molecule has 0 bridgehead atoms. The second-order valence-corrected chi connectivity index (χ2v) is 5.27. The highest BCUT2D eigenvalue weighted by Gasteiger charge is 2.21. The lowest BCUT2D eigenvalue weighted by atomic mass is 9.86. The van der Waals surface area contributed by atoms with Crippen molar-refractivity contribution in [3.63, 3.8) is 0 Å². The van der Waals surface area contributed by atoms with E-state index < -0.39 is 0 Å². The summed E-state index contributed by atoms with van der Waals surface area (Å²) in [6.07, 6.45) is 0. The molecule has 2 rings (SSSR count). The quantitative estimate of drug-likeness (QED) is 0.796. The van der Waals surface area contributed by atoms with Crippen LogP contribution in [0.25, 0.3) is 0 Å². The number of hydrogen-bond acceptors (Lipinski definition) is 3. The summed E-state index contributed by atoms with van der Waals surface area (Å²) in [5.74, 6) is -0.0222. The van der Waals surface area contributed by atoms with Gasteiger partial charge in [-0.15, -0.1) is 0 Å². The number of ether oxygens (including phenoxy) is 1. The molecule has 116 valence electrons. The third kappa shape index (κ3) is 4.43. The molecule has 0 saturated heterocycles. The fourth-order valence-corrected chi connectivity index (χ4v) is 2.66. The first-order valence-corrected chi connectivity index (χ1v) is 7.71. The van der Waals surface area contributed by atoms with Crippen molar-refractivity contribution in [2.75, 3.05) is 13.2 Å². The van der Waals surface area contributed by atoms with Crippen molar-refractivity contribution >= 4 is 5.97 Å². The molecule has 3 heteroatoms. The molecule has 0 saturated carbocycles. The zero-order valence-corrected chi connectivity index (χ0v) is 13.2. The molecular weight excluding hydrogens is 274 g/mol. The number of benzene rings is 2. The van der Waals surface area contributed by atoms with Gasteiger partial charge < -0.3 is 10.1 Å². The highest BCUT2D eigenvalue weighted by molar-refractivity contribution is 5.71. The van der Waals surface area contributed by atoms with Gasteiger partial charge in [-0.25, -0.2) is 0 Å². The number of hydrogen-bond donors (Lipinski definition) is 1. The van der Waals surface area contributed by atoms with Crippen LogP contribution in [0.1, 0.15) is 30.9 Å². The first-order valence-electron chi connectivity index (χ1n) is 7.71. The van der Waals surface area contributed by atoms with E-state index in [4.69, 9.17) is 4.74 Å². The van der Waals surface area contributed by atoms with Gasteiger partial charge in [-0.05, 0) is 25.0 Å². The van der Waals surface area contributed by atoms with E-state index in [-0.39, 0.29) is 24.5 Å². The molecule has 3 nitrogen and oxygen atoms in total. The van der Waals surface area contributed by atoms with Gasteiger partial charge in [-0.1, -0.05) is 60.7 Å². The number of carbonyl (C=O) groups is 1. The maximum Gasteiger partial charge on any atom is 0.319 e. The fourth-order valence-electron chi connectivity index (χ4n) is 2.66. The van der Waals surface area contributed by atoms with Crippen LogP contribution in [0.4, 0.5) is 0 Å². The molecule has 1 atom stereocenters. The molecule has 0 radical (unpaired) electrons. The van der Waals surface area contributed by atoms with Crippen LogP contribution in [-0.4, -0.2) is 25.2 Å². The Morgan fingerprint density at radius 1 is 1.00 bits per heavy atom. The molecule has 22 heavy (non-hydrogen) atoms. The van der Waals surface area contributed by atoms with Crippen LogP contribution in [0.2, 0.25) is 0 Å². The first kappa shape index (κ1) is 16.2. The highest BCUT2D eigenvalue weighted by atomic mass is 16.5. The lowest BCUT2D eigenvalue weighted by molar-refractivity contribution is -0.142. The van der Waals surface area contributed by atoms with Crippen LogP contribution in [0, 0.1) is 0 Å². The van der Waals surface area contributed by atoms with Gasteiger partial charge in [0.1, 0.15) is 0 Å². The minimum absolute atomic E-state index is 0.120. The van der Waals surface area contributed by atoms with Crippen LogP contribution < -0.4 is 5.32 Å². The molecule has 0 fully saturated rings. The van der Waals surface area contributed by atoms with Gasteiger partial charge in [0.2, 0.25) is 0 Å². The molecule has 0 aliphatic carbocycles. The van der Waals surface area contributed by atoms with Crippen LogP contribution in [0.15, 0.2) is 60.7 Å². The molecule has 0 heterocycles. The van der Waals surface area contributed by atoms with Crippen molar-refractivity contribution in [3.8, 4) is 0 Å². The number of carbonyl (C=O) groups excluding carboxylic acids is 1. The third-order valence-electron chi connectivity index (χ3n) is 3.69. The Morgan fingerprint density at radius 2 is 1.50 bits per heavy atom. The maximum atomic E-state index is 11.6. The first-order chi connectivity index (χ1) is 10.7. The van der Waals surface area contributed by atoms with Gasteiger partial charge >= 0.3 is 5.97 Å². The van der Waals surface area contributed by atoms with Crippen molar-refractivity contribution in [1.82, 2.24) is 5.32 Å². The average Bonchev–Trinajstić information content (AvgIpc) is 2.55. The Hall–Kier alpha value is -2.13. The van der Waals surface area contributed by atoms with Crippen molar-refractivity contribution in [1.29, 1.82) is 0 Å². The number of rotatable bonds is 7. The minimum Gasteiger partial charge on any atom is -0.465 e.